The molecule has 0 aliphatic carbocycles. The lowest BCUT2D eigenvalue weighted by molar-refractivity contribution is -0.338. The van der Waals surface area contributed by atoms with Gasteiger partial charge in [-0.1, -0.05) is 0 Å². The molecule has 2 aliphatic rings. The molecule has 0 radical (unpaired) electrons. The first-order valence-corrected chi connectivity index (χ1v) is 3.55. The molecule has 2 unspecified atom stereocenters. The van der Waals surface area contributed by atoms with Crippen LogP contribution in [-0.4, -0.2) is 24.4 Å². The minimum atomic E-state index is -4.70. The molecule has 9 heteroatoms. The Bertz CT molecular complexity index is 340. The van der Waals surface area contributed by atoms with Crippen molar-refractivity contribution in [1.82, 2.24) is 0 Å². The topological polar surface area (TPSA) is 27.7 Å². The average Bonchev–Trinajstić information content (AvgIpc) is 2.46. The first-order valence-electron chi connectivity index (χ1n) is 3.55. The summed E-state index contributed by atoms with van der Waals surface area (Å²) in [6, 6.07) is 0. The van der Waals surface area contributed by atoms with Crippen LogP contribution in [-0.2, 0) is 14.2 Å². The van der Waals surface area contributed by atoms with E-state index < -0.39 is 36.5 Å². The molecule has 0 saturated carbocycles. The summed E-state index contributed by atoms with van der Waals surface area (Å²) >= 11 is 0. The predicted molar refractivity (Wildman–Crippen MR) is 30.0 cm³/mol. The third-order valence-electron chi connectivity index (χ3n) is 1.94. The van der Waals surface area contributed by atoms with Gasteiger partial charge in [0.1, 0.15) is 6.61 Å². The summed E-state index contributed by atoms with van der Waals surface area (Å²) in [5, 5.41) is 0. The van der Waals surface area contributed by atoms with Crippen molar-refractivity contribution in [2.75, 3.05) is 6.61 Å². The molecule has 2 rings (SSSR count). The number of halogens is 6. The van der Waals surface area contributed by atoms with Crippen LogP contribution >= 0.6 is 0 Å². The number of alkyl halides is 4. The summed E-state index contributed by atoms with van der Waals surface area (Å²) in [6.45, 7) is -1.55. The molecular weight excluding hydrogens is 234 g/mol. The Morgan fingerprint density at radius 1 is 1.07 bits per heavy atom. The molecule has 2 heterocycles. The van der Waals surface area contributed by atoms with Crippen LogP contribution in [0.15, 0.2) is 12.0 Å². The van der Waals surface area contributed by atoms with Gasteiger partial charge in [0.25, 0.3) is 0 Å². The average molecular weight is 236 g/mol. The normalized spacial score (nSPS) is 42.1. The molecule has 86 valence electrons. The summed E-state index contributed by atoms with van der Waals surface area (Å²) in [4.78, 5) is 0. The Balaban J connectivity index is 2.45. The van der Waals surface area contributed by atoms with Crippen LogP contribution in [0.4, 0.5) is 26.3 Å². The first-order chi connectivity index (χ1) is 6.72. The minimum absolute atomic E-state index is 1.55. The molecule has 0 aromatic carbocycles. The van der Waals surface area contributed by atoms with Crippen molar-refractivity contribution >= 4 is 0 Å². The molecule has 2 atom stereocenters. The van der Waals surface area contributed by atoms with Crippen molar-refractivity contribution < 1.29 is 40.6 Å². The summed E-state index contributed by atoms with van der Waals surface area (Å²) < 4.78 is 86.1. The first kappa shape index (κ1) is 10.4. The second-order valence-electron chi connectivity index (χ2n) is 2.88. The lowest BCUT2D eigenvalue weighted by Gasteiger charge is -2.22. The van der Waals surface area contributed by atoms with Gasteiger partial charge in [0.15, 0.2) is 0 Å². The van der Waals surface area contributed by atoms with E-state index in [1.54, 1.807) is 0 Å². The van der Waals surface area contributed by atoms with E-state index in [1.165, 1.54) is 0 Å². The van der Waals surface area contributed by atoms with Crippen molar-refractivity contribution in [3.05, 3.63) is 12.0 Å². The quantitative estimate of drug-likeness (QED) is 0.602. The summed E-state index contributed by atoms with van der Waals surface area (Å²) in [6.07, 6.45) is -7.44. The zero-order chi connectivity index (χ0) is 11.5. The van der Waals surface area contributed by atoms with Gasteiger partial charge in [0.2, 0.25) is 0 Å². The van der Waals surface area contributed by atoms with Gasteiger partial charge in [-0.25, -0.2) is 0 Å². The fourth-order valence-electron chi connectivity index (χ4n) is 1.19. The van der Waals surface area contributed by atoms with Gasteiger partial charge in [-0.3, -0.25) is 0 Å². The molecule has 0 aromatic rings. The fraction of sp³-hybridized carbons (Fsp3) is 0.667. The van der Waals surface area contributed by atoms with E-state index >= 15 is 0 Å². The van der Waals surface area contributed by atoms with E-state index in [9.17, 15) is 26.3 Å². The van der Waals surface area contributed by atoms with Crippen LogP contribution in [0.2, 0.25) is 0 Å². The molecule has 0 spiro atoms. The Morgan fingerprint density at radius 3 is 2.13 bits per heavy atom. The number of hydrogen-bond acceptors (Lipinski definition) is 3. The van der Waals surface area contributed by atoms with Crippen molar-refractivity contribution in [2.24, 2.45) is 0 Å². The van der Waals surface area contributed by atoms with Gasteiger partial charge < -0.3 is 14.2 Å². The van der Waals surface area contributed by atoms with Crippen molar-refractivity contribution in [3.8, 4) is 0 Å². The van der Waals surface area contributed by atoms with Gasteiger partial charge in [-0.15, -0.1) is 0 Å². The van der Waals surface area contributed by atoms with Crippen molar-refractivity contribution in [2.45, 2.75) is 17.8 Å². The van der Waals surface area contributed by atoms with E-state index in [0.29, 0.717) is 0 Å². The SMILES string of the molecule is FC(F)=C1OC2(F)COC(F)(F)C2(F)O1. The molecule has 2 saturated heterocycles. The van der Waals surface area contributed by atoms with E-state index in [0.717, 1.165) is 0 Å². The van der Waals surface area contributed by atoms with Crippen molar-refractivity contribution in [3.63, 3.8) is 0 Å². The molecule has 0 amide bonds. The molecule has 2 aliphatic heterocycles. The maximum Gasteiger partial charge on any atom is 0.433 e. The maximum absolute atomic E-state index is 13.3. The summed E-state index contributed by atoms with van der Waals surface area (Å²) in [5.41, 5.74) is 0. The van der Waals surface area contributed by atoms with Crippen LogP contribution in [0, 0.1) is 0 Å². The van der Waals surface area contributed by atoms with Crippen LogP contribution in [0.25, 0.3) is 0 Å². The third kappa shape index (κ3) is 1.06. The van der Waals surface area contributed by atoms with Gasteiger partial charge in [0.05, 0.1) is 0 Å². The van der Waals surface area contributed by atoms with E-state index in [2.05, 4.69) is 14.2 Å². The lowest BCUT2D eigenvalue weighted by atomic mass is 10.2. The summed E-state index contributed by atoms with van der Waals surface area (Å²) in [5.74, 6) is -10.1. The highest BCUT2D eigenvalue weighted by molar-refractivity contribution is 5.09. The highest BCUT2D eigenvalue weighted by Crippen LogP contribution is 2.57. The van der Waals surface area contributed by atoms with Gasteiger partial charge in [0, 0.05) is 0 Å². The highest BCUT2D eigenvalue weighted by Gasteiger charge is 2.84. The van der Waals surface area contributed by atoms with Crippen LogP contribution in [0.5, 0.6) is 0 Å². The van der Waals surface area contributed by atoms with E-state index in [-0.39, 0.29) is 0 Å². The second kappa shape index (κ2) is 2.52. The monoisotopic (exact) mass is 236 g/mol. The molecule has 0 aromatic heterocycles. The minimum Gasteiger partial charge on any atom is -0.414 e. The molecule has 3 nitrogen and oxygen atoms in total. The standard InChI is InChI=1S/C6H2F6O3/c7-2(8)3-14-4(9)1-13-6(11,12)5(4,10)15-3/h1H2. The number of rotatable bonds is 0. The van der Waals surface area contributed by atoms with Crippen LogP contribution in [0.1, 0.15) is 0 Å². The van der Waals surface area contributed by atoms with Crippen LogP contribution in [0.3, 0.4) is 0 Å². The fourth-order valence-corrected chi connectivity index (χ4v) is 1.19. The largest absolute Gasteiger partial charge is 0.433 e. The molecular formula is C6H2F6O3. The van der Waals surface area contributed by atoms with Gasteiger partial charge in [-0.2, -0.15) is 26.3 Å². The zero-order valence-electron chi connectivity index (χ0n) is 6.70. The van der Waals surface area contributed by atoms with Crippen LogP contribution < -0.4 is 0 Å². The van der Waals surface area contributed by atoms with E-state index in [4.69, 9.17) is 0 Å². The van der Waals surface area contributed by atoms with Crippen molar-refractivity contribution in [1.29, 1.82) is 0 Å². The number of ether oxygens (including phenoxy) is 3. The predicted octanol–water partition coefficient (Wildman–Crippen LogP) is 2.05. The van der Waals surface area contributed by atoms with Gasteiger partial charge in [-0.05, 0) is 0 Å². The molecule has 2 fully saturated rings. The van der Waals surface area contributed by atoms with E-state index in [1.807, 2.05) is 0 Å². The maximum atomic E-state index is 13.3. The van der Waals surface area contributed by atoms with Gasteiger partial charge >= 0.3 is 29.8 Å². The smallest absolute Gasteiger partial charge is 0.414 e. The number of hydrogen-bond donors (Lipinski definition) is 0. The Labute approximate surface area is 78.2 Å². The number of fused-ring (bicyclic) bond motifs is 1. The molecule has 0 bridgehead atoms. The zero-order valence-corrected chi connectivity index (χ0v) is 6.70. The molecule has 15 heavy (non-hydrogen) atoms. The third-order valence-corrected chi connectivity index (χ3v) is 1.94. The Kier molecular flexibility index (Phi) is 1.74. The highest BCUT2D eigenvalue weighted by atomic mass is 19.3. The summed E-state index contributed by atoms with van der Waals surface area (Å²) in [7, 11) is 0. The Morgan fingerprint density at radius 2 is 1.67 bits per heavy atom. The Hall–Kier alpha value is -1.12. The lowest BCUT2D eigenvalue weighted by Crippen LogP contribution is -2.51. The second-order valence-corrected chi connectivity index (χ2v) is 2.88. The molecule has 0 N–H and O–H groups in total.